The number of aryl methyl sites for hydroxylation is 1. The molecule has 38 heavy (non-hydrogen) atoms. The molecule has 0 radical (unpaired) electrons. The van der Waals surface area contributed by atoms with E-state index in [1.165, 1.54) is 36.1 Å². The predicted octanol–water partition coefficient (Wildman–Crippen LogP) is 5.40. The van der Waals surface area contributed by atoms with Crippen LogP contribution in [0.2, 0.25) is 10.0 Å². The van der Waals surface area contributed by atoms with E-state index in [4.69, 9.17) is 38.0 Å². The number of benzene rings is 2. The molecule has 1 N–H and O–H groups in total. The van der Waals surface area contributed by atoms with Crippen molar-refractivity contribution >= 4 is 40.8 Å². The highest BCUT2D eigenvalue weighted by Gasteiger charge is 2.62. The first-order valence-corrected chi connectivity index (χ1v) is 11.7. The fourth-order valence-electron chi connectivity index (χ4n) is 3.97. The number of hydrogen-bond acceptors (Lipinski definition) is 7. The number of anilines is 1. The number of carbonyl (C=O) groups excluding carboxylic acids is 1. The largest absolute Gasteiger partial charge is 0.435 e. The zero-order chi connectivity index (χ0) is 27.7. The van der Waals surface area contributed by atoms with Crippen molar-refractivity contribution in [1.82, 2.24) is 14.8 Å². The summed E-state index contributed by atoms with van der Waals surface area (Å²) in [5.74, 6) is -0.218. The number of rotatable bonds is 7. The molecule has 1 unspecified atom stereocenters. The third-order valence-corrected chi connectivity index (χ3v) is 6.22. The molecule has 3 aromatic rings. The number of aromatic nitrogens is 3. The summed E-state index contributed by atoms with van der Waals surface area (Å²) in [4.78, 5) is 22.1. The Morgan fingerprint density at radius 1 is 1.26 bits per heavy atom. The Morgan fingerprint density at radius 2 is 1.97 bits per heavy atom. The molecule has 0 saturated heterocycles. The number of amides is 1. The lowest BCUT2D eigenvalue weighted by Gasteiger charge is -2.29. The Kier molecular flexibility index (Phi) is 7.64. The third kappa shape index (κ3) is 5.31. The molecule has 1 aliphatic heterocycles. The van der Waals surface area contributed by atoms with Gasteiger partial charge in [0.15, 0.2) is 5.82 Å². The SMILES string of the molecule is COCc1nc(NC(=O)c2ccc(C3=NOC(c4cc(Cl)cc(Cl)c4)(C(F)(F)F)C3)cc2C)nn1CC#N. The average molecular weight is 567 g/mol. The first-order valence-electron chi connectivity index (χ1n) is 11.0. The summed E-state index contributed by atoms with van der Waals surface area (Å²) in [7, 11) is 1.46. The minimum absolute atomic E-state index is 0.0236. The Labute approximate surface area is 224 Å². The molecule has 9 nitrogen and oxygen atoms in total. The summed E-state index contributed by atoms with van der Waals surface area (Å²) in [5.41, 5.74) is -1.96. The maximum Gasteiger partial charge on any atom is 0.435 e. The standard InChI is InChI=1S/C24H19Cl2F3N6O3/c1-13-7-14(3-4-18(13)21(36)32-22-31-20(12-37-2)35(33-22)6-5-30)19-11-23(38-34-19,24(27,28)29)15-8-16(25)10-17(26)9-15/h3-4,7-10H,6,11-12H2,1-2H3,(H,32,33,36). The molecular weight excluding hydrogens is 548 g/mol. The number of hydrogen-bond donors (Lipinski definition) is 1. The summed E-state index contributed by atoms with van der Waals surface area (Å²) >= 11 is 11.9. The van der Waals surface area contributed by atoms with Gasteiger partial charge in [-0.3, -0.25) is 10.1 Å². The second kappa shape index (κ2) is 10.6. The lowest BCUT2D eigenvalue weighted by atomic mass is 9.86. The number of nitrogens with one attached hydrogen (secondary N) is 1. The van der Waals surface area contributed by atoms with Gasteiger partial charge in [-0.2, -0.15) is 23.4 Å². The molecule has 0 fully saturated rings. The van der Waals surface area contributed by atoms with Crippen molar-refractivity contribution in [3.63, 3.8) is 0 Å². The molecule has 0 saturated carbocycles. The summed E-state index contributed by atoms with van der Waals surface area (Å²) in [5, 5.41) is 19.4. The van der Waals surface area contributed by atoms with Gasteiger partial charge in [0.1, 0.15) is 13.2 Å². The Hall–Kier alpha value is -3.66. The van der Waals surface area contributed by atoms with Crippen LogP contribution in [0.15, 0.2) is 41.6 Å². The van der Waals surface area contributed by atoms with Crippen molar-refractivity contribution in [1.29, 1.82) is 5.26 Å². The van der Waals surface area contributed by atoms with Gasteiger partial charge in [0.25, 0.3) is 11.5 Å². The number of nitriles is 1. The van der Waals surface area contributed by atoms with Gasteiger partial charge < -0.3 is 9.57 Å². The van der Waals surface area contributed by atoms with E-state index in [2.05, 4.69) is 20.6 Å². The number of oxime groups is 1. The molecule has 4 rings (SSSR count). The Morgan fingerprint density at radius 3 is 2.58 bits per heavy atom. The van der Waals surface area contributed by atoms with E-state index in [1.807, 2.05) is 6.07 Å². The van der Waals surface area contributed by atoms with E-state index >= 15 is 0 Å². The minimum atomic E-state index is -4.83. The quantitative estimate of drug-likeness (QED) is 0.409. The fourth-order valence-corrected chi connectivity index (χ4v) is 4.50. The summed E-state index contributed by atoms with van der Waals surface area (Å²) in [6.45, 7) is 1.63. The smallest absolute Gasteiger partial charge is 0.377 e. The zero-order valence-electron chi connectivity index (χ0n) is 19.9. The average Bonchev–Trinajstić information content (AvgIpc) is 3.44. The van der Waals surface area contributed by atoms with Gasteiger partial charge in [0.2, 0.25) is 5.95 Å². The van der Waals surface area contributed by atoms with Crippen LogP contribution in [-0.4, -0.2) is 39.7 Å². The first kappa shape index (κ1) is 27.4. The molecule has 1 amide bonds. The van der Waals surface area contributed by atoms with Crippen LogP contribution in [0.4, 0.5) is 19.1 Å². The summed E-state index contributed by atoms with van der Waals surface area (Å²) in [6.07, 6.45) is -5.45. The van der Waals surface area contributed by atoms with E-state index in [9.17, 15) is 18.0 Å². The van der Waals surface area contributed by atoms with Crippen LogP contribution >= 0.6 is 23.2 Å². The molecule has 0 bridgehead atoms. The number of nitrogens with zero attached hydrogens (tertiary/aromatic N) is 5. The molecule has 0 aliphatic carbocycles. The number of halogens is 5. The van der Waals surface area contributed by atoms with Gasteiger partial charge in [0, 0.05) is 34.7 Å². The maximum absolute atomic E-state index is 14.3. The molecule has 1 aliphatic rings. The summed E-state index contributed by atoms with van der Waals surface area (Å²) < 4.78 is 49.1. The van der Waals surface area contributed by atoms with Crippen LogP contribution in [0.25, 0.3) is 0 Å². The van der Waals surface area contributed by atoms with E-state index in [-0.39, 0.29) is 46.0 Å². The molecule has 2 heterocycles. The lowest BCUT2D eigenvalue weighted by molar-refractivity contribution is -0.275. The van der Waals surface area contributed by atoms with E-state index < -0.39 is 24.1 Å². The van der Waals surface area contributed by atoms with E-state index in [0.717, 1.165) is 12.1 Å². The molecule has 0 spiro atoms. The van der Waals surface area contributed by atoms with Crippen LogP contribution < -0.4 is 5.32 Å². The topological polar surface area (TPSA) is 114 Å². The maximum atomic E-state index is 14.3. The number of methoxy groups -OCH3 is 1. The van der Waals surface area contributed by atoms with Gasteiger partial charge in [-0.1, -0.05) is 34.4 Å². The third-order valence-electron chi connectivity index (χ3n) is 5.79. The predicted molar refractivity (Wildman–Crippen MR) is 132 cm³/mol. The Balaban J connectivity index is 1.57. The highest BCUT2D eigenvalue weighted by Crippen LogP contribution is 2.49. The highest BCUT2D eigenvalue weighted by atomic mass is 35.5. The fraction of sp³-hybridized carbons (Fsp3) is 0.292. The Bertz CT molecular complexity index is 1450. The molecule has 1 atom stereocenters. The molecule has 198 valence electrons. The van der Waals surface area contributed by atoms with E-state index in [0.29, 0.717) is 17.0 Å². The van der Waals surface area contributed by atoms with Gasteiger partial charge in [-0.15, -0.1) is 5.10 Å². The van der Waals surface area contributed by atoms with Crippen molar-refractivity contribution in [2.75, 3.05) is 12.4 Å². The monoisotopic (exact) mass is 566 g/mol. The van der Waals surface area contributed by atoms with Gasteiger partial charge in [-0.25, -0.2) is 4.68 Å². The van der Waals surface area contributed by atoms with Crippen molar-refractivity contribution < 1.29 is 27.5 Å². The van der Waals surface area contributed by atoms with Crippen molar-refractivity contribution in [2.45, 2.75) is 38.3 Å². The second-order valence-electron chi connectivity index (χ2n) is 8.37. The van der Waals surface area contributed by atoms with Gasteiger partial charge in [-0.05, 0) is 48.4 Å². The van der Waals surface area contributed by atoms with Crippen LogP contribution in [-0.2, 0) is 28.3 Å². The van der Waals surface area contributed by atoms with Crippen molar-refractivity contribution in [3.8, 4) is 6.07 Å². The van der Waals surface area contributed by atoms with Crippen molar-refractivity contribution in [3.05, 3.63) is 74.5 Å². The van der Waals surface area contributed by atoms with Gasteiger partial charge >= 0.3 is 6.18 Å². The van der Waals surface area contributed by atoms with Gasteiger partial charge in [0.05, 0.1) is 11.8 Å². The molecular formula is C24H19Cl2F3N6O3. The molecule has 1 aromatic heterocycles. The van der Waals surface area contributed by atoms with Crippen LogP contribution in [0, 0.1) is 18.3 Å². The number of carbonyl (C=O) groups is 1. The van der Waals surface area contributed by atoms with Crippen molar-refractivity contribution in [2.24, 2.45) is 5.16 Å². The first-order chi connectivity index (χ1) is 18.0. The van der Waals surface area contributed by atoms with Crippen LogP contribution in [0.5, 0.6) is 0 Å². The lowest BCUT2D eigenvalue weighted by Crippen LogP contribution is -2.42. The second-order valence-corrected chi connectivity index (χ2v) is 9.25. The van der Waals surface area contributed by atoms with Crippen LogP contribution in [0.3, 0.4) is 0 Å². The van der Waals surface area contributed by atoms with Crippen LogP contribution in [0.1, 0.15) is 39.3 Å². The number of alkyl halides is 3. The highest BCUT2D eigenvalue weighted by molar-refractivity contribution is 6.34. The zero-order valence-corrected chi connectivity index (χ0v) is 21.4. The minimum Gasteiger partial charge on any atom is -0.377 e. The number of ether oxygens (including phenoxy) is 1. The summed E-state index contributed by atoms with van der Waals surface area (Å²) in [6, 6.07) is 10.0. The molecule has 14 heteroatoms. The molecule has 2 aromatic carbocycles. The normalized spacial score (nSPS) is 17.1. The van der Waals surface area contributed by atoms with E-state index in [1.54, 1.807) is 6.92 Å².